The summed E-state index contributed by atoms with van der Waals surface area (Å²) in [5.74, 6) is -20.1. The Morgan fingerprint density at radius 3 is 1.24 bits per heavy atom. The normalized spacial score (nSPS) is 47.0. The number of aliphatic hydroxyl groups excluding tert-OH is 29. The van der Waals surface area contributed by atoms with Crippen molar-refractivity contribution in [1.82, 2.24) is 10.6 Å². The molecule has 0 aliphatic carbocycles. The summed E-state index contributed by atoms with van der Waals surface area (Å²) < 4.78 is 100. The molecule has 9 fully saturated rings. The van der Waals surface area contributed by atoms with Gasteiger partial charge in [0.15, 0.2) is 37.7 Å². The van der Waals surface area contributed by atoms with Gasteiger partial charge in [0.05, 0.1) is 83.8 Å². The number of amides is 2. The number of aliphatic hydroxyl groups is 30. The molecular formula is C67H110N2O55. The molecule has 9 heterocycles. The Bertz CT molecular complexity index is 3430. The predicted octanol–water partition coefficient (Wildman–Crippen LogP) is -22.7. The summed E-state index contributed by atoms with van der Waals surface area (Å²) >= 11 is 0. The molecule has 57 heteroatoms. The summed E-state index contributed by atoms with van der Waals surface area (Å²) in [6.45, 7) is -10.7. The maximum absolute atomic E-state index is 14.1. The van der Waals surface area contributed by atoms with E-state index in [0.717, 1.165) is 13.8 Å². The van der Waals surface area contributed by atoms with Gasteiger partial charge in [-0.25, -0.2) is 14.4 Å². The smallest absolute Gasteiger partial charge is 0.364 e. The third-order valence-corrected chi connectivity index (χ3v) is 22.4. The van der Waals surface area contributed by atoms with Gasteiger partial charge in [0.2, 0.25) is 11.8 Å². The monoisotopic (exact) mass is 1820 g/mol. The van der Waals surface area contributed by atoms with Crippen LogP contribution in [0.25, 0.3) is 0 Å². The van der Waals surface area contributed by atoms with E-state index >= 15 is 0 Å². The second-order valence-corrected chi connectivity index (χ2v) is 31.0. The highest BCUT2D eigenvalue weighted by Crippen LogP contribution is 2.46. The van der Waals surface area contributed by atoms with E-state index in [9.17, 15) is 192 Å². The first-order valence-electron chi connectivity index (χ1n) is 38.6. The fraction of sp³-hybridized carbons (Fsp3) is 0.925. The average molecular weight is 1820 g/mol. The molecule has 124 heavy (non-hydrogen) atoms. The van der Waals surface area contributed by atoms with Crippen molar-refractivity contribution in [2.45, 2.75) is 326 Å². The quantitative estimate of drug-likeness (QED) is 0.0277. The summed E-state index contributed by atoms with van der Waals surface area (Å²) in [5, 5.41) is 372. The Hall–Kier alpha value is -4.53. The Morgan fingerprint density at radius 2 is 0.734 bits per heavy atom. The second-order valence-electron chi connectivity index (χ2n) is 31.0. The molecule has 2 amide bonds. The van der Waals surface area contributed by atoms with Crippen molar-refractivity contribution in [2.24, 2.45) is 0 Å². The minimum Gasteiger partial charge on any atom is -0.477 e. The van der Waals surface area contributed by atoms with Gasteiger partial charge in [-0.05, 0) is 0 Å². The number of hydrogen-bond acceptors (Lipinski definition) is 52. The molecule has 0 aromatic rings. The minimum absolute atomic E-state index is 0.835. The number of carbonyl (C=O) groups excluding carboxylic acids is 2. The second kappa shape index (κ2) is 43.2. The van der Waals surface area contributed by atoms with Gasteiger partial charge < -0.3 is 260 Å². The zero-order valence-corrected chi connectivity index (χ0v) is 65.2. The predicted molar refractivity (Wildman–Crippen MR) is 372 cm³/mol. The highest BCUT2D eigenvalue weighted by molar-refractivity contribution is 5.78. The molecule has 0 saturated carbocycles. The zero-order valence-electron chi connectivity index (χ0n) is 65.2. The minimum atomic E-state index is -3.72. The summed E-state index contributed by atoms with van der Waals surface area (Å²) in [5.41, 5.74) is 0. The fourth-order valence-electron chi connectivity index (χ4n) is 15.8. The van der Waals surface area contributed by atoms with Gasteiger partial charge in [0.25, 0.3) is 17.4 Å². The molecule has 9 rings (SSSR count). The van der Waals surface area contributed by atoms with Crippen LogP contribution < -0.4 is 10.6 Å². The van der Waals surface area contributed by atoms with Gasteiger partial charge in [-0.1, -0.05) is 0 Å². The first-order chi connectivity index (χ1) is 58.3. The number of carbonyl (C=O) groups is 5. The number of aliphatic carboxylic acids is 3. The lowest BCUT2D eigenvalue weighted by atomic mass is 9.88. The fourth-order valence-corrected chi connectivity index (χ4v) is 15.8. The average Bonchev–Trinajstić information content (AvgIpc) is 0.744. The van der Waals surface area contributed by atoms with Crippen LogP contribution >= 0.6 is 0 Å². The lowest BCUT2D eigenvalue weighted by molar-refractivity contribution is -0.419. The van der Waals surface area contributed by atoms with Crippen molar-refractivity contribution >= 4 is 29.7 Å². The standard InChI is InChI=1S/C67H110N2O55/c1-15(79)68-29-17(81)3-67(64(105)106,123-51(29)32(89)19(83)6-70)124-54-43(100)59(111-28(14-78)49(54)114-56-30(69-16(2)80)50(35(92)27(13-77)108-56)116-57-38(95)36(93)33(90)25(11-75)109-57)117-52-40(97)44(20(84)7-71)112-60(41(52)98)118-53-42(99)61(113-46(22(86)9-73)55(53)119-58-39(96)37(94)34(91)26(12-76)110-58)115-48-24(5-65(107,62(101)102)121-47(48)23(87)10-74)120-66(63(103)104)4-18(82)31(88)45(122-66)21(85)8-72/h17-61,70-78,81-100,107H,3-14H2,1-2H3,(H,68,79)(H,69,80)(H,101,102)(H,103,104)(H,105,106)/t17-,18+,19+,20-,21+,22-,23+,24+,25+,26+,27+,28+,29+,30+,31+,32+,33-,34+,35-,36-,37-,38+,39+,40+,41-,42-,43+,44+,45+,46+,47+,48+,49-,50+,51+,52-,53+,54+,55+,56-,57-,58-,59-,60+,61+,65+,66+,67-/m0/s1. The van der Waals surface area contributed by atoms with Gasteiger partial charge in [-0.15, -0.1) is 0 Å². The van der Waals surface area contributed by atoms with Gasteiger partial charge >= 0.3 is 17.9 Å². The third kappa shape index (κ3) is 21.6. The van der Waals surface area contributed by atoms with Crippen LogP contribution in [0.4, 0.5) is 0 Å². The van der Waals surface area contributed by atoms with Crippen LogP contribution in [0, 0.1) is 0 Å². The van der Waals surface area contributed by atoms with Crippen LogP contribution in [-0.2, 0) is 104 Å². The van der Waals surface area contributed by atoms with Crippen LogP contribution in [-0.4, -0.2) is 551 Å². The van der Waals surface area contributed by atoms with Crippen LogP contribution in [0.5, 0.6) is 0 Å². The van der Waals surface area contributed by atoms with E-state index in [2.05, 4.69) is 10.6 Å². The van der Waals surface area contributed by atoms with Crippen molar-refractivity contribution in [3.63, 3.8) is 0 Å². The largest absolute Gasteiger partial charge is 0.477 e. The lowest BCUT2D eigenvalue weighted by Crippen LogP contribution is -2.72. The van der Waals surface area contributed by atoms with E-state index in [4.69, 9.17) is 80.5 Å². The number of hydrogen-bond donors (Lipinski definition) is 35. The highest BCUT2D eigenvalue weighted by atomic mass is 16.8. The Labute approximate surface area is 697 Å². The van der Waals surface area contributed by atoms with Crippen LogP contribution in [0.1, 0.15) is 33.1 Å². The van der Waals surface area contributed by atoms with Gasteiger partial charge in [-0.3, -0.25) is 9.59 Å². The van der Waals surface area contributed by atoms with Gasteiger partial charge in [-0.2, -0.15) is 0 Å². The van der Waals surface area contributed by atoms with E-state index in [-0.39, 0.29) is 0 Å². The van der Waals surface area contributed by atoms with E-state index in [1.165, 1.54) is 0 Å². The maximum Gasteiger partial charge on any atom is 0.364 e. The van der Waals surface area contributed by atoms with Crippen LogP contribution in [0.3, 0.4) is 0 Å². The summed E-state index contributed by atoms with van der Waals surface area (Å²) in [7, 11) is 0. The maximum atomic E-state index is 14.1. The molecule has 9 saturated heterocycles. The Morgan fingerprint density at radius 1 is 0.339 bits per heavy atom. The Balaban J connectivity index is 1.16. The molecule has 0 spiro atoms. The highest BCUT2D eigenvalue weighted by Gasteiger charge is 2.67. The zero-order chi connectivity index (χ0) is 92.3. The topological polar surface area (TPSA) is 934 Å². The van der Waals surface area contributed by atoms with Gasteiger partial charge in [0.1, 0.15) is 214 Å². The van der Waals surface area contributed by atoms with E-state index in [1.807, 2.05) is 0 Å². The van der Waals surface area contributed by atoms with E-state index in [0.29, 0.717) is 0 Å². The molecule has 57 nitrogen and oxygen atoms in total. The number of rotatable bonds is 36. The first-order valence-corrected chi connectivity index (χ1v) is 38.6. The molecule has 35 N–H and O–H groups in total. The van der Waals surface area contributed by atoms with Crippen LogP contribution in [0.15, 0.2) is 0 Å². The van der Waals surface area contributed by atoms with E-state index in [1.54, 1.807) is 0 Å². The molecule has 9 aliphatic rings. The summed E-state index contributed by atoms with van der Waals surface area (Å²) in [4.78, 5) is 66.3. The van der Waals surface area contributed by atoms with Gasteiger partial charge in [0, 0.05) is 33.1 Å². The molecular weight excluding hydrogens is 1710 g/mol. The SMILES string of the molecule is CC(=O)N[C@H]1[C@H](O[C@@H]2[C@H](O[C@]3(C(=O)O)C[C@H](O)[C@@H](NC(C)=O)[C@H]([C@H](O)[C@H](O)CO)O3)[C@@H](O)[C@H](O[C@@H]3[C@H](O)[C@@H](O[C@@H]4[C@H](O)[C@@H](O[C@H]5[C@@H]([C@H](O)CO)O[C@@](O)(C(=O)O)C[C@H]5O[C@]5(C(=O)O)C[C@@H](O)[C@@H](O)[C@@H]([C@H](O)CO)O5)O[C@H]([C@@H](O)CO)[C@H]4O[C@@H]4O[C@H](CO)[C@@H](O)[C@H](O)[C@H]4O)O[C@H]([C@@H](O)CO)[C@H]3O)O[C@@H]2CO)O[C@H](CO)[C@H](O)[C@@H]1O[C@@H]1O[C@H](CO)[C@H](O)[C@H](O)[C@H]1O. The molecule has 0 radical (unpaired) electrons. The number of nitrogens with one attached hydrogen (secondary N) is 2. The molecule has 0 aromatic heterocycles. The molecule has 0 unspecified atom stereocenters. The van der Waals surface area contributed by atoms with Crippen molar-refractivity contribution in [1.29, 1.82) is 0 Å². The molecule has 0 bridgehead atoms. The number of carboxylic acid groups (broad SMARTS) is 3. The molecule has 0 aromatic carbocycles. The van der Waals surface area contributed by atoms with Crippen molar-refractivity contribution in [3.8, 4) is 0 Å². The number of ether oxygens (including phenoxy) is 17. The third-order valence-electron chi connectivity index (χ3n) is 22.4. The Kier molecular flexibility index (Phi) is 36.0. The van der Waals surface area contributed by atoms with Crippen molar-refractivity contribution in [2.75, 3.05) is 59.5 Å². The van der Waals surface area contributed by atoms with E-state index < -0.39 is 401 Å². The van der Waals surface area contributed by atoms with Crippen molar-refractivity contribution < 1.29 is 273 Å². The molecule has 718 valence electrons. The molecule has 9 aliphatic heterocycles. The van der Waals surface area contributed by atoms with Crippen molar-refractivity contribution in [3.05, 3.63) is 0 Å². The number of carboxylic acids is 3. The molecule has 48 atom stereocenters. The summed E-state index contributed by atoms with van der Waals surface area (Å²) in [6.07, 6.45) is -112. The van der Waals surface area contributed by atoms with Crippen LogP contribution in [0.2, 0.25) is 0 Å². The lowest BCUT2D eigenvalue weighted by Gasteiger charge is -2.53. The summed E-state index contributed by atoms with van der Waals surface area (Å²) in [6, 6.07) is -4.11. The first kappa shape index (κ1) is 103.